The first-order valence-corrected chi connectivity index (χ1v) is 31.5. The van der Waals surface area contributed by atoms with E-state index in [-0.39, 0.29) is 32.0 Å². The highest BCUT2D eigenvalue weighted by atomic mass is 32.1. The predicted octanol–water partition coefficient (Wildman–Crippen LogP) is 14.8. The first-order chi connectivity index (χ1) is 44.3. The first kappa shape index (κ1) is 66.9. The molecule has 18 nitrogen and oxygen atoms in total. The molecule has 0 amide bonds. The van der Waals surface area contributed by atoms with Gasteiger partial charge >= 0.3 is 29.8 Å². The molecule has 91 heavy (non-hydrogen) atoms. The molecule has 2 heterocycles. The van der Waals surface area contributed by atoms with Crippen molar-refractivity contribution < 1.29 is 57.1 Å². The number of ether oxygens (including phenoxy) is 7. The predicted molar refractivity (Wildman–Crippen MR) is 358 cm³/mol. The van der Waals surface area contributed by atoms with Crippen LogP contribution in [0.1, 0.15) is 97.3 Å². The van der Waals surface area contributed by atoms with Crippen LogP contribution >= 0.6 is 22.7 Å². The van der Waals surface area contributed by atoms with Crippen LogP contribution in [0.25, 0.3) is 31.6 Å². The second-order valence-electron chi connectivity index (χ2n) is 20.9. The summed E-state index contributed by atoms with van der Waals surface area (Å²) in [6.45, 7) is 17.4. The number of hydrogen-bond donors (Lipinski definition) is 2. The lowest BCUT2D eigenvalue weighted by molar-refractivity contribution is -0.154. The summed E-state index contributed by atoms with van der Waals surface area (Å²) in [5.41, 5.74) is 13.9. The third-order valence-electron chi connectivity index (χ3n) is 14.4. The number of nitrogens with one attached hydrogen (secondary N) is 2. The molecule has 1 aliphatic carbocycles. The summed E-state index contributed by atoms with van der Waals surface area (Å²) in [5, 5.41) is 10.2. The van der Waals surface area contributed by atoms with Gasteiger partial charge in [-0.05, 0) is 139 Å². The minimum absolute atomic E-state index is 0.0301. The highest BCUT2D eigenvalue weighted by Gasteiger charge is 2.24. The number of carbonyl (C=O) groups excluding carboxylic acids is 5. The number of thiazole rings is 2. The van der Waals surface area contributed by atoms with Gasteiger partial charge in [0.05, 0.1) is 38.4 Å². The fourth-order valence-corrected chi connectivity index (χ4v) is 11.4. The summed E-state index contributed by atoms with van der Waals surface area (Å²) in [6.07, 6.45) is 15.1. The molecule has 0 aliphatic heterocycles. The Bertz CT molecular complexity index is 3800. The van der Waals surface area contributed by atoms with Crippen molar-refractivity contribution >= 4 is 95.6 Å². The molecule has 6 aromatic carbocycles. The van der Waals surface area contributed by atoms with Gasteiger partial charge in [-0.3, -0.25) is 10.9 Å². The van der Waals surface area contributed by atoms with Crippen LogP contribution in [-0.2, 0) is 44.5 Å². The van der Waals surface area contributed by atoms with Crippen LogP contribution in [0.2, 0.25) is 0 Å². The molecule has 20 heteroatoms. The molecule has 0 spiro atoms. The van der Waals surface area contributed by atoms with E-state index in [0.29, 0.717) is 39.0 Å². The van der Waals surface area contributed by atoms with Crippen molar-refractivity contribution in [3.05, 3.63) is 212 Å². The SMILES string of the molecule is C=CC(=O)OCC(COc1ccc(C(=O)Oc2ccc(-c3ccc(CCC)cc3)cc2C=NNc2nc3ccccc3s2)cc1)OC(=O)C=C.C=CC(=O)OCC(COc1ccc(C2CCC(CCC)CC2)cc1C=NNc1nc2ccccc2s1)OC(=O)C=C. The Balaban J connectivity index is 0.000000239. The van der Waals surface area contributed by atoms with Crippen LogP contribution in [0.4, 0.5) is 10.3 Å². The first-order valence-electron chi connectivity index (χ1n) is 29.8. The van der Waals surface area contributed by atoms with Gasteiger partial charge in [-0.1, -0.05) is 143 Å². The number of aryl methyl sites for hydroxylation is 1. The van der Waals surface area contributed by atoms with Gasteiger partial charge in [0.2, 0.25) is 10.3 Å². The third kappa shape index (κ3) is 20.5. The molecule has 2 aromatic heterocycles. The third-order valence-corrected chi connectivity index (χ3v) is 16.3. The maximum absolute atomic E-state index is 13.3. The molecule has 1 fully saturated rings. The second-order valence-corrected chi connectivity index (χ2v) is 23.0. The molecule has 470 valence electrons. The molecular formula is C71H72N6O12S2. The quantitative estimate of drug-likeness (QED) is 0.0107. The molecule has 2 N–H and O–H groups in total. The lowest BCUT2D eigenvalue weighted by Crippen LogP contribution is -2.30. The van der Waals surface area contributed by atoms with E-state index in [1.54, 1.807) is 42.8 Å². The molecular weight excluding hydrogens is 1190 g/mol. The molecule has 1 saturated carbocycles. The number of anilines is 2. The van der Waals surface area contributed by atoms with Crippen molar-refractivity contribution in [3.8, 4) is 28.4 Å². The summed E-state index contributed by atoms with van der Waals surface area (Å²) in [5.74, 6) is -0.612. The van der Waals surface area contributed by atoms with Crippen molar-refractivity contribution in [3.63, 3.8) is 0 Å². The average Bonchev–Trinajstić information content (AvgIpc) is 1.33. The lowest BCUT2D eigenvalue weighted by Gasteiger charge is -2.29. The van der Waals surface area contributed by atoms with E-state index in [0.717, 1.165) is 80.2 Å². The average molecular weight is 1270 g/mol. The van der Waals surface area contributed by atoms with Crippen LogP contribution in [0.3, 0.4) is 0 Å². The van der Waals surface area contributed by atoms with E-state index in [1.807, 2.05) is 66.7 Å². The second kappa shape index (κ2) is 34.6. The van der Waals surface area contributed by atoms with Gasteiger partial charge in [0.1, 0.15) is 43.7 Å². The molecule has 2 atom stereocenters. The zero-order valence-corrected chi connectivity index (χ0v) is 52.4. The van der Waals surface area contributed by atoms with Crippen molar-refractivity contribution in [2.75, 3.05) is 37.3 Å². The zero-order valence-electron chi connectivity index (χ0n) is 50.8. The minimum atomic E-state index is -0.893. The fraction of sp³-hybridized carbons (Fsp3) is 0.254. The van der Waals surface area contributed by atoms with Gasteiger partial charge in [0.25, 0.3) is 0 Å². The molecule has 2 unspecified atom stereocenters. The Morgan fingerprint density at radius 2 is 1.10 bits per heavy atom. The van der Waals surface area contributed by atoms with E-state index in [4.69, 9.17) is 33.2 Å². The van der Waals surface area contributed by atoms with Crippen LogP contribution in [-0.4, -0.2) is 90.9 Å². The van der Waals surface area contributed by atoms with Gasteiger partial charge in [-0.25, -0.2) is 33.9 Å². The highest BCUT2D eigenvalue weighted by Crippen LogP contribution is 2.39. The van der Waals surface area contributed by atoms with Crippen LogP contribution in [0, 0.1) is 5.92 Å². The summed E-state index contributed by atoms with van der Waals surface area (Å²) in [6, 6.07) is 42.1. The van der Waals surface area contributed by atoms with E-state index >= 15 is 0 Å². The molecule has 9 rings (SSSR count). The number of aromatic nitrogens is 2. The Hall–Kier alpha value is -10.1. The number of hydrogen-bond acceptors (Lipinski definition) is 20. The van der Waals surface area contributed by atoms with E-state index < -0.39 is 42.1 Å². The van der Waals surface area contributed by atoms with Crippen molar-refractivity contribution in [2.45, 2.75) is 83.3 Å². The van der Waals surface area contributed by atoms with Gasteiger partial charge < -0.3 is 33.2 Å². The van der Waals surface area contributed by atoms with E-state index in [9.17, 15) is 24.0 Å². The number of para-hydroxylation sites is 2. The molecule has 8 aromatic rings. The summed E-state index contributed by atoms with van der Waals surface area (Å²) >= 11 is 3.01. The van der Waals surface area contributed by atoms with Crippen LogP contribution < -0.4 is 25.1 Å². The number of esters is 5. The zero-order chi connectivity index (χ0) is 64.3. The standard InChI is InChI=1S/C39H35N3O7S.C32H37N3O5S/c1-4-9-26-12-14-27(15-13-26)29-18-21-34(30(22-29)23-40-42-39-41-33-10-7-8-11-35(33)50-39)49-38(45)28-16-19-31(20-17-28)46-24-32(48-37(44)6-3)25-47-36(43)5-2;1-4-9-22-12-14-23(15-13-22)24-16-17-28(38-20-26(40-31(37)6-3)21-39-30(36)5-2)25(18-24)19-33-35-32-34-27-10-7-8-11-29(27)41-32/h5-8,10-23,32H,2-4,9,24-25H2,1H3,(H,41,42);5-8,10-11,16-19,22-23,26H,2-4,9,12-15,20-21H2,1H3,(H,34,35). The lowest BCUT2D eigenvalue weighted by atomic mass is 9.77. The summed E-state index contributed by atoms with van der Waals surface area (Å²) in [4.78, 5) is 69.0. The fourth-order valence-electron chi connectivity index (χ4n) is 9.82. The number of carbonyl (C=O) groups is 5. The molecule has 0 bridgehead atoms. The normalized spacial score (nSPS) is 14.2. The topological polar surface area (TPSA) is 225 Å². The van der Waals surface area contributed by atoms with Crippen molar-refractivity contribution in [1.82, 2.24) is 9.97 Å². The number of benzene rings is 6. The van der Waals surface area contributed by atoms with E-state index in [2.05, 4.69) is 108 Å². The number of rotatable bonds is 30. The summed E-state index contributed by atoms with van der Waals surface area (Å²) in [7, 11) is 0. The van der Waals surface area contributed by atoms with Gasteiger partial charge in [-0.2, -0.15) is 10.2 Å². The largest absolute Gasteiger partial charge is 0.490 e. The molecule has 0 radical (unpaired) electrons. The number of nitrogens with zero attached hydrogens (tertiary/aromatic N) is 4. The maximum Gasteiger partial charge on any atom is 0.343 e. The Morgan fingerprint density at radius 1 is 0.571 bits per heavy atom. The van der Waals surface area contributed by atoms with Gasteiger partial charge in [-0.15, -0.1) is 0 Å². The summed E-state index contributed by atoms with van der Waals surface area (Å²) < 4.78 is 40.4. The highest BCUT2D eigenvalue weighted by molar-refractivity contribution is 7.22. The monoisotopic (exact) mass is 1260 g/mol. The van der Waals surface area contributed by atoms with Gasteiger partial charge in [0, 0.05) is 35.4 Å². The molecule has 0 saturated heterocycles. The number of fused-ring (bicyclic) bond motifs is 2. The van der Waals surface area contributed by atoms with Gasteiger partial charge in [0.15, 0.2) is 12.2 Å². The Labute approximate surface area is 537 Å². The van der Waals surface area contributed by atoms with Crippen molar-refractivity contribution in [2.24, 2.45) is 16.1 Å². The van der Waals surface area contributed by atoms with Crippen LogP contribution in [0.15, 0.2) is 194 Å². The minimum Gasteiger partial charge on any atom is -0.490 e. The Morgan fingerprint density at radius 3 is 1.64 bits per heavy atom. The van der Waals surface area contributed by atoms with Crippen LogP contribution in [0.5, 0.6) is 17.2 Å². The Kier molecular flexibility index (Phi) is 25.5. The maximum atomic E-state index is 13.3. The smallest absolute Gasteiger partial charge is 0.343 e. The van der Waals surface area contributed by atoms with E-state index in [1.165, 1.54) is 72.3 Å². The molecule has 1 aliphatic rings. The number of hydrazone groups is 2. The van der Waals surface area contributed by atoms with Crippen molar-refractivity contribution in [1.29, 1.82) is 0 Å².